The Morgan fingerprint density at radius 3 is 2.45 bits per heavy atom. The van der Waals surface area contributed by atoms with E-state index < -0.39 is 0 Å². The summed E-state index contributed by atoms with van der Waals surface area (Å²) in [5.41, 5.74) is 2.77. The van der Waals surface area contributed by atoms with Crippen molar-refractivity contribution in [1.29, 1.82) is 0 Å². The number of hydrogen-bond acceptors (Lipinski definition) is 6. The van der Waals surface area contributed by atoms with Crippen LogP contribution in [0.1, 0.15) is 25.5 Å². The van der Waals surface area contributed by atoms with E-state index >= 15 is 0 Å². The van der Waals surface area contributed by atoms with E-state index in [4.69, 9.17) is 9.47 Å². The first-order chi connectivity index (χ1) is 15.0. The number of hydrogen-bond donors (Lipinski definition) is 1. The molecule has 2 aromatic heterocycles. The zero-order valence-electron chi connectivity index (χ0n) is 18.5. The smallest absolute Gasteiger partial charge is 0.227 e. The molecule has 0 atom stereocenters. The number of piperidine rings is 1. The minimum atomic E-state index is -0.0505. The molecule has 0 unspecified atom stereocenters. The van der Waals surface area contributed by atoms with Crippen LogP contribution in [0.4, 0.5) is 11.5 Å². The summed E-state index contributed by atoms with van der Waals surface area (Å²) in [6.07, 6.45) is 3.38. The zero-order valence-corrected chi connectivity index (χ0v) is 18.5. The third-order valence-electron chi connectivity index (χ3n) is 5.91. The van der Waals surface area contributed by atoms with Gasteiger partial charge in [-0.2, -0.15) is 5.10 Å². The van der Waals surface area contributed by atoms with Crippen molar-refractivity contribution in [1.82, 2.24) is 14.8 Å². The maximum absolute atomic E-state index is 12.9. The number of pyridine rings is 1. The summed E-state index contributed by atoms with van der Waals surface area (Å²) < 4.78 is 12.6. The van der Waals surface area contributed by atoms with Gasteiger partial charge >= 0.3 is 0 Å². The number of fused-ring (bicyclic) bond motifs is 1. The predicted octanol–water partition coefficient (Wildman–Crippen LogP) is 3.63. The predicted molar refractivity (Wildman–Crippen MR) is 121 cm³/mol. The lowest BCUT2D eigenvalue weighted by Crippen LogP contribution is -2.38. The number of aromatic nitrogens is 3. The second-order valence-electron chi connectivity index (χ2n) is 7.78. The van der Waals surface area contributed by atoms with Crippen molar-refractivity contribution < 1.29 is 14.3 Å². The Balaban J connectivity index is 1.46. The molecule has 1 fully saturated rings. The highest BCUT2D eigenvalue weighted by atomic mass is 16.5. The van der Waals surface area contributed by atoms with Crippen molar-refractivity contribution in [2.75, 3.05) is 37.5 Å². The SMILES string of the molecule is CCn1nc(C)c2ccnc(N3CCC(C(=O)Nc4cc(OC)cc(OC)c4)CC3)c21. The molecule has 4 rings (SSSR count). The highest BCUT2D eigenvalue weighted by Crippen LogP contribution is 2.31. The summed E-state index contributed by atoms with van der Waals surface area (Å²) in [5, 5.41) is 8.80. The molecule has 0 saturated carbocycles. The van der Waals surface area contributed by atoms with Gasteiger partial charge in [0.25, 0.3) is 0 Å². The largest absolute Gasteiger partial charge is 0.497 e. The number of rotatable bonds is 6. The molecule has 164 valence electrons. The van der Waals surface area contributed by atoms with Gasteiger partial charge in [0.05, 0.1) is 19.9 Å². The van der Waals surface area contributed by atoms with Crippen molar-refractivity contribution >= 4 is 28.3 Å². The maximum Gasteiger partial charge on any atom is 0.227 e. The van der Waals surface area contributed by atoms with Gasteiger partial charge in [-0.3, -0.25) is 9.48 Å². The zero-order chi connectivity index (χ0) is 22.0. The van der Waals surface area contributed by atoms with Gasteiger partial charge in [0.1, 0.15) is 17.0 Å². The van der Waals surface area contributed by atoms with Crippen LogP contribution < -0.4 is 19.7 Å². The van der Waals surface area contributed by atoms with Crippen LogP contribution in [0.25, 0.3) is 10.9 Å². The Labute approximate surface area is 182 Å². The molecule has 1 aromatic carbocycles. The number of carbonyl (C=O) groups is 1. The van der Waals surface area contributed by atoms with Crippen molar-refractivity contribution in [2.24, 2.45) is 5.92 Å². The molecular weight excluding hydrogens is 394 g/mol. The van der Waals surface area contributed by atoms with E-state index in [9.17, 15) is 4.79 Å². The number of anilines is 2. The monoisotopic (exact) mass is 423 g/mol. The number of amides is 1. The fourth-order valence-corrected chi connectivity index (χ4v) is 4.21. The molecule has 0 bridgehead atoms. The van der Waals surface area contributed by atoms with Gasteiger partial charge in [0.2, 0.25) is 5.91 Å². The van der Waals surface area contributed by atoms with E-state index in [1.165, 1.54) is 0 Å². The van der Waals surface area contributed by atoms with Crippen LogP contribution in [0.2, 0.25) is 0 Å². The molecular formula is C23H29N5O3. The van der Waals surface area contributed by atoms with Gasteiger partial charge in [-0.1, -0.05) is 0 Å². The summed E-state index contributed by atoms with van der Waals surface area (Å²) in [5.74, 6) is 2.22. The van der Waals surface area contributed by atoms with Gasteiger partial charge < -0.3 is 19.7 Å². The molecule has 1 aliphatic rings. The molecule has 1 amide bonds. The van der Waals surface area contributed by atoms with Crippen LogP contribution in [-0.2, 0) is 11.3 Å². The minimum absolute atomic E-state index is 0.0237. The average molecular weight is 424 g/mol. The molecule has 0 spiro atoms. The van der Waals surface area contributed by atoms with E-state index in [1.54, 1.807) is 32.4 Å². The Hall–Kier alpha value is -3.29. The lowest BCUT2D eigenvalue weighted by atomic mass is 9.95. The van der Waals surface area contributed by atoms with Gasteiger partial charge in [-0.15, -0.1) is 0 Å². The van der Waals surface area contributed by atoms with Gasteiger partial charge in [-0.05, 0) is 32.8 Å². The van der Waals surface area contributed by atoms with E-state index in [1.807, 2.05) is 23.9 Å². The lowest BCUT2D eigenvalue weighted by Gasteiger charge is -2.32. The van der Waals surface area contributed by atoms with Crippen molar-refractivity contribution in [2.45, 2.75) is 33.2 Å². The molecule has 8 heteroatoms. The molecule has 31 heavy (non-hydrogen) atoms. The van der Waals surface area contributed by atoms with E-state index in [0.29, 0.717) is 17.2 Å². The second-order valence-corrected chi connectivity index (χ2v) is 7.78. The Kier molecular flexibility index (Phi) is 5.97. The Bertz CT molecular complexity index is 1060. The highest BCUT2D eigenvalue weighted by Gasteiger charge is 2.27. The summed E-state index contributed by atoms with van der Waals surface area (Å²) in [6.45, 7) is 6.47. The standard InChI is InChI=1S/C23H29N5O3/c1-5-28-21-20(15(2)26-28)6-9-24-22(21)27-10-7-16(8-11-27)23(29)25-17-12-18(30-3)14-19(13-17)31-4/h6,9,12-14,16H,5,7-8,10-11H2,1-4H3,(H,25,29). The Morgan fingerprint density at radius 1 is 1.16 bits per heavy atom. The van der Waals surface area contributed by atoms with Crippen LogP contribution in [0.5, 0.6) is 11.5 Å². The van der Waals surface area contributed by atoms with Crippen LogP contribution in [0, 0.1) is 12.8 Å². The summed E-state index contributed by atoms with van der Waals surface area (Å²) in [4.78, 5) is 19.8. The van der Waals surface area contributed by atoms with Gasteiger partial charge in [0.15, 0.2) is 5.82 Å². The number of nitrogens with zero attached hydrogens (tertiary/aromatic N) is 4. The van der Waals surface area contributed by atoms with Gasteiger partial charge in [0, 0.05) is 61.0 Å². The van der Waals surface area contributed by atoms with E-state index in [-0.39, 0.29) is 11.8 Å². The van der Waals surface area contributed by atoms with Crippen molar-refractivity contribution in [3.63, 3.8) is 0 Å². The summed E-state index contributed by atoms with van der Waals surface area (Å²) in [7, 11) is 3.19. The minimum Gasteiger partial charge on any atom is -0.497 e. The Morgan fingerprint density at radius 2 is 1.84 bits per heavy atom. The fourth-order valence-electron chi connectivity index (χ4n) is 4.21. The quantitative estimate of drug-likeness (QED) is 0.652. The molecule has 3 aromatic rings. The number of carbonyl (C=O) groups excluding carboxylic acids is 1. The molecule has 8 nitrogen and oxygen atoms in total. The van der Waals surface area contributed by atoms with Crippen molar-refractivity contribution in [3.05, 3.63) is 36.2 Å². The average Bonchev–Trinajstić information content (AvgIpc) is 3.14. The number of benzene rings is 1. The van der Waals surface area contributed by atoms with Crippen LogP contribution >= 0.6 is 0 Å². The molecule has 1 N–H and O–H groups in total. The van der Waals surface area contributed by atoms with Crippen LogP contribution in [-0.4, -0.2) is 48.0 Å². The summed E-state index contributed by atoms with van der Waals surface area (Å²) >= 11 is 0. The third-order valence-corrected chi connectivity index (χ3v) is 5.91. The molecule has 0 radical (unpaired) electrons. The molecule has 3 heterocycles. The first-order valence-corrected chi connectivity index (χ1v) is 10.6. The molecule has 0 aliphatic carbocycles. The molecule has 1 saturated heterocycles. The number of nitrogens with one attached hydrogen (secondary N) is 1. The highest BCUT2D eigenvalue weighted by molar-refractivity contribution is 5.94. The third kappa shape index (κ3) is 4.15. The first-order valence-electron chi connectivity index (χ1n) is 10.6. The number of ether oxygens (including phenoxy) is 2. The van der Waals surface area contributed by atoms with E-state index in [2.05, 4.69) is 27.2 Å². The number of methoxy groups -OCH3 is 2. The fraction of sp³-hybridized carbons (Fsp3) is 0.435. The normalized spacial score (nSPS) is 14.6. The van der Waals surface area contributed by atoms with E-state index in [0.717, 1.165) is 54.9 Å². The lowest BCUT2D eigenvalue weighted by molar-refractivity contribution is -0.120. The summed E-state index contributed by atoms with van der Waals surface area (Å²) in [6, 6.07) is 7.41. The molecule has 1 aliphatic heterocycles. The number of aryl methyl sites for hydroxylation is 2. The second kappa shape index (κ2) is 8.83. The van der Waals surface area contributed by atoms with Crippen LogP contribution in [0.15, 0.2) is 30.5 Å². The van der Waals surface area contributed by atoms with Crippen molar-refractivity contribution in [3.8, 4) is 11.5 Å². The maximum atomic E-state index is 12.9. The topological polar surface area (TPSA) is 81.5 Å². The first kappa shape index (κ1) is 21.0. The van der Waals surface area contributed by atoms with Gasteiger partial charge in [-0.25, -0.2) is 4.98 Å². The van der Waals surface area contributed by atoms with Crippen LogP contribution in [0.3, 0.4) is 0 Å².